The van der Waals surface area contributed by atoms with E-state index >= 15 is 0 Å². The van der Waals surface area contributed by atoms with Crippen molar-refractivity contribution in [2.45, 2.75) is 18.7 Å². The zero-order chi connectivity index (χ0) is 17.3. The summed E-state index contributed by atoms with van der Waals surface area (Å²) in [5, 5.41) is 0. The van der Waals surface area contributed by atoms with Gasteiger partial charge in [0.25, 0.3) is 0 Å². The summed E-state index contributed by atoms with van der Waals surface area (Å²) in [6.07, 6.45) is 1.23. The summed E-state index contributed by atoms with van der Waals surface area (Å²) in [7, 11) is -3.17. The number of benzene rings is 3. The molecule has 0 unspecified atom stereocenters. The Morgan fingerprint density at radius 3 is 1.75 bits per heavy atom. The van der Waals surface area contributed by atoms with Crippen molar-refractivity contribution in [1.29, 1.82) is 0 Å². The molecule has 0 saturated heterocycles. The first-order valence-electron chi connectivity index (χ1n) is 7.83. The van der Waals surface area contributed by atoms with Crippen LogP contribution in [0.2, 0.25) is 0 Å². The predicted octanol–water partition coefficient (Wildman–Crippen LogP) is 5.04. The lowest BCUT2D eigenvalue weighted by Crippen LogP contribution is -1.96. The van der Waals surface area contributed by atoms with E-state index in [1.807, 2.05) is 24.3 Å². The van der Waals surface area contributed by atoms with Crippen LogP contribution in [0.25, 0.3) is 22.3 Å². The molecule has 3 rings (SSSR count). The second-order valence-electron chi connectivity index (χ2n) is 6.14. The molecule has 3 aromatic rings. The maximum atomic E-state index is 11.6. The number of hydrogen-bond acceptors (Lipinski definition) is 2. The SMILES string of the molecule is Cc1ccc(-c2ccccc2-c2ccc(S(C)(=O)=O)cc2)cc1C. The van der Waals surface area contributed by atoms with Crippen molar-refractivity contribution in [2.24, 2.45) is 0 Å². The van der Waals surface area contributed by atoms with Crippen molar-refractivity contribution in [3.05, 3.63) is 77.9 Å². The Morgan fingerprint density at radius 2 is 1.21 bits per heavy atom. The second kappa shape index (κ2) is 6.25. The van der Waals surface area contributed by atoms with E-state index in [-0.39, 0.29) is 0 Å². The van der Waals surface area contributed by atoms with Gasteiger partial charge in [-0.25, -0.2) is 8.42 Å². The van der Waals surface area contributed by atoms with E-state index in [2.05, 4.69) is 44.2 Å². The average molecular weight is 336 g/mol. The third-order valence-electron chi connectivity index (χ3n) is 4.34. The molecular weight excluding hydrogens is 316 g/mol. The molecule has 3 heteroatoms. The fourth-order valence-electron chi connectivity index (χ4n) is 2.78. The maximum absolute atomic E-state index is 11.6. The fourth-order valence-corrected chi connectivity index (χ4v) is 3.41. The van der Waals surface area contributed by atoms with E-state index in [0.29, 0.717) is 4.90 Å². The molecule has 2 nitrogen and oxygen atoms in total. The summed E-state index contributed by atoms with van der Waals surface area (Å²) in [6, 6.07) is 21.7. The lowest BCUT2D eigenvalue weighted by Gasteiger charge is -2.12. The van der Waals surface area contributed by atoms with Gasteiger partial charge >= 0.3 is 0 Å². The number of aryl methyl sites for hydroxylation is 2. The van der Waals surface area contributed by atoms with Gasteiger partial charge in [-0.15, -0.1) is 0 Å². The summed E-state index contributed by atoms with van der Waals surface area (Å²) in [5.74, 6) is 0. The van der Waals surface area contributed by atoms with Gasteiger partial charge < -0.3 is 0 Å². The molecule has 0 saturated carbocycles. The third-order valence-corrected chi connectivity index (χ3v) is 5.47. The van der Waals surface area contributed by atoms with Crippen LogP contribution in [0.1, 0.15) is 11.1 Å². The molecule has 0 amide bonds. The van der Waals surface area contributed by atoms with Crippen LogP contribution in [0.3, 0.4) is 0 Å². The quantitative estimate of drug-likeness (QED) is 0.671. The Labute approximate surface area is 143 Å². The summed E-state index contributed by atoms with van der Waals surface area (Å²) < 4.78 is 23.3. The second-order valence-corrected chi connectivity index (χ2v) is 8.16. The Bertz CT molecular complexity index is 985. The van der Waals surface area contributed by atoms with Crippen molar-refractivity contribution >= 4 is 9.84 Å². The van der Waals surface area contributed by atoms with Gasteiger partial charge in [0.15, 0.2) is 9.84 Å². The first-order chi connectivity index (χ1) is 11.4. The highest BCUT2D eigenvalue weighted by atomic mass is 32.2. The standard InChI is InChI=1S/C21H20O2S/c1-15-8-9-18(14-16(15)2)21-7-5-4-6-20(21)17-10-12-19(13-11-17)24(3,22)23/h4-14H,1-3H3. The number of hydrogen-bond donors (Lipinski definition) is 0. The minimum Gasteiger partial charge on any atom is -0.224 e. The average Bonchev–Trinajstić information content (AvgIpc) is 2.57. The highest BCUT2D eigenvalue weighted by Crippen LogP contribution is 2.33. The van der Waals surface area contributed by atoms with E-state index < -0.39 is 9.84 Å². The van der Waals surface area contributed by atoms with Gasteiger partial charge in [-0.2, -0.15) is 0 Å². The first kappa shape index (κ1) is 16.5. The fraction of sp³-hybridized carbons (Fsp3) is 0.143. The van der Waals surface area contributed by atoms with Gasteiger partial charge in [0, 0.05) is 6.26 Å². The minimum absolute atomic E-state index is 0.343. The zero-order valence-electron chi connectivity index (χ0n) is 14.1. The molecule has 0 aliphatic heterocycles. The van der Waals surface area contributed by atoms with Crippen LogP contribution < -0.4 is 0 Å². The zero-order valence-corrected chi connectivity index (χ0v) is 14.9. The molecule has 0 spiro atoms. The van der Waals surface area contributed by atoms with Crippen LogP contribution in [-0.2, 0) is 9.84 Å². The Hall–Kier alpha value is -2.39. The highest BCUT2D eigenvalue weighted by Gasteiger charge is 2.10. The Balaban J connectivity index is 2.11. The van der Waals surface area contributed by atoms with E-state index in [9.17, 15) is 8.42 Å². The summed E-state index contributed by atoms with van der Waals surface area (Å²) in [6.45, 7) is 4.22. The van der Waals surface area contributed by atoms with Crippen molar-refractivity contribution in [3.63, 3.8) is 0 Å². The van der Waals surface area contributed by atoms with Crippen molar-refractivity contribution in [3.8, 4) is 22.3 Å². The largest absolute Gasteiger partial charge is 0.224 e. The molecule has 24 heavy (non-hydrogen) atoms. The Kier molecular flexibility index (Phi) is 4.29. The monoisotopic (exact) mass is 336 g/mol. The summed E-state index contributed by atoms with van der Waals surface area (Å²) in [5.41, 5.74) is 6.95. The molecule has 0 N–H and O–H groups in total. The number of sulfone groups is 1. The van der Waals surface area contributed by atoms with Gasteiger partial charge in [-0.3, -0.25) is 0 Å². The van der Waals surface area contributed by atoms with Crippen LogP contribution in [0.5, 0.6) is 0 Å². The van der Waals surface area contributed by atoms with Crippen LogP contribution in [0, 0.1) is 13.8 Å². The van der Waals surface area contributed by atoms with E-state index in [0.717, 1.165) is 16.7 Å². The molecule has 0 radical (unpaired) electrons. The maximum Gasteiger partial charge on any atom is 0.175 e. The summed E-state index contributed by atoms with van der Waals surface area (Å²) in [4.78, 5) is 0.343. The summed E-state index contributed by atoms with van der Waals surface area (Å²) >= 11 is 0. The van der Waals surface area contributed by atoms with Crippen molar-refractivity contribution in [2.75, 3.05) is 6.26 Å². The van der Waals surface area contributed by atoms with Gasteiger partial charge in [0.2, 0.25) is 0 Å². The van der Waals surface area contributed by atoms with E-state index in [1.165, 1.54) is 22.9 Å². The lowest BCUT2D eigenvalue weighted by atomic mass is 9.93. The van der Waals surface area contributed by atoms with Gasteiger partial charge in [0.05, 0.1) is 4.90 Å². The van der Waals surface area contributed by atoms with E-state index in [1.54, 1.807) is 12.1 Å². The topological polar surface area (TPSA) is 34.1 Å². The molecule has 0 aliphatic rings. The Morgan fingerprint density at radius 1 is 0.667 bits per heavy atom. The molecule has 122 valence electrons. The minimum atomic E-state index is -3.17. The molecule has 0 fully saturated rings. The predicted molar refractivity (Wildman–Crippen MR) is 99.9 cm³/mol. The van der Waals surface area contributed by atoms with Gasteiger partial charge in [-0.1, -0.05) is 54.6 Å². The van der Waals surface area contributed by atoms with Crippen molar-refractivity contribution in [1.82, 2.24) is 0 Å². The van der Waals surface area contributed by atoms with Crippen LogP contribution >= 0.6 is 0 Å². The lowest BCUT2D eigenvalue weighted by molar-refractivity contribution is 0.602. The molecule has 0 heterocycles. The molecule has 0 bridgehead atoms. The van der Waals surface area contributed by atoms with Crippen LogP contribution in [0.4, 0.5) is 0 Å². The van der Waals surface area contributed by atoms with Gasteiger partial charge in [0.1, 0.15) is 0 Å². The third kappa shape index (κ3) is 3.26. The molecule has 0 atom stereocenters. The number of rotatable bonds is 3. The molecular formula is C21H20O2S. The van der Waals surface area contributed by atoms with Crippen LogP contribution in [-0.4, -0.2) is 14.7 Å². The highest BCUT2D eigenvalue weighted by molar-refractivity contribution is 7.90. The molecule has 0 aliphatic carbocycles. The van der Waals surface area contributed by atoms with Crippen molar-refractivity contribution < 1.29 is 8.42 Å². The normalized spacial score (nSPS) is 11.5. The van der Waals surface area contributed by atoms with E-state index in [4.69, 9.17) is 0 Å². The smallest absolute Gasteiger partial charge is 0.175 e. The van der Waals surface area contributed by atoms with Crippen LogP contribution in [0.15, 0.2) is 71.6 Å². The molecule has 3 aromatic carbocycles. The molecule has 0 aromatic heterocycles. The first-order valence-corrected chi connectivity index (χ1v) is 9.72. The van der Waals surface area contributed by atoms with Gasteiger partial charge in [-0.05, 0) is 59.4 Å².